The summed E-state index contributed by atoms with van der Waals surface area (Å²) in [6, 6.07) is 4.54. The molecule has 0 radical (unpaired) electrons. The summed E-state index contributed by atoms with van der Waals surface area (Å²) in [5, 5.41) is 0. The largest absolute Gasteiger partial charge is 0.295 e. The minimum absolute atomic E-state index is 0.00141. The third-order valence-electron chi connectivity index (χ3n) is 5.86. The second-order valence-corrected chi connectivity index (χ2v) is 7.54. The van der Waals surface area contributed by atoms with Crippen molar-refractivity contribution in [2.45, 2.75) is 57.9 Å². The Hall–Kier alpha value is -0.890. The van der Waals surface area contributed by atoms with Gasteiger partial charge >= 0.3 is 0 Å². The second kappa shape index (κ2) is 4.30. The zero-order valence-electron chi connectivity index (χ0n) is 12.6. The maximum absolute atomic E-state index is 14.1. The van der Waals surface area contributed by atoms with Gasteiger partial charge in [-0.15, -0.1) is 0 Å². The van der Waals surface area contributed by atoms with Crippen molar-refractivity contribution in [1.29, 1.82) is 0 Å². The average Bonchev–Trinajstić information content (AvgIpc) is 2.67. The van der Waals surface area contributed by atoms with Crippen molar-refractivity contribution in [2.24, 2.45) is 5.41 Å². The van der Waals surface area contributed by atoms with Crippen molar-refractivity contribution in [3.05, 3.63) is 34.6 Å². The molecule has 1 saturated carbocycles. The van der Waals surface area contributed by atoms with Gasteiger partial charge in [0.2, 0.25) is 0 Å². The molecule has 108 valence electrons. The maximum Gasteiger partial charge on any atom is 0.126 e. The molecule has 1 spiro atoms. The van der Waals surface area contributed by atoms with Gasteiger partial charge in [-0.2, -0.15) is 0 Å². The van der Waals surface area contributed by atoms with Gasteiger partial charge in [0, 0.05) is 19.1 Å². The minimum atomic E-state index is -0.00141. The number of hydrogen-bond donors (Lipinski definition) is 0. The smallest absolute Gasteiger partial charge is 0.126 e. The van der Waals surface area contributed by atoms with E-state index in [-0.39, 0.29) is 11.7 Å². The van der Waals surface area contributed by atoms with Crippen molar-refractivity contribution < 1.29 is 4.39 Å². The average molecular weight is 273 g/mol. The van der Waals surface area contributed by atoms with E-state index in [9.17, 15) is 4.39 Å². The van der Waals surface area contributed by atoms with Gasteiger partial charge in [-0.25, -0.2) is 4.39 Å². The first-order valence-corrected chi connectivity index (χ1v) is 8.14. The van der Waals surface area contributed by atoms with Crippen LogP contribution < -0.4 is 0 Å². The van der Waals surface area contributed by atoms with Gasteiger partial charge in [-0.3, -0.25) is 4.90 Å². The first-order chi connectivity index (χ1) is 9.58. The van der Waals surface area contributed by atoms with Crippen molar-refractivity contribution in [2.75, 3.05) is 13.1 Å². The lowest BCUT2D eigenvalue weighted by molar-refractivity contribution is -0.0837. The first kappa shape index (κ1) is 12.8. The van der Waals surface area contributed by atoms with Gasteiger partial charge < -0.3 is 0 Å². The van der Waals surface area contributed by atoms with Crippen LogP contribution in [-0.4, -0.2) is 18.0 Å². The molecule has 2 aliphatic carbocycles. The molecule has 0 bridgehead atoms. The van der Waals surface area contributed by atoms with Crippen LogP contribution in [0.2, 0.25) is 0 Å². The summed E-state index contributed by atoms with van der Waals surface area (Å²) < 4.78 is 14.1. The second-order valence-electron chi connectivity index (χ2n) is 7.54. The molecule has 1 atom stereocenters. The lowest BCUT2D eigenvalue weighted by Gasteiger charge is -2.58. The Morgan fingerprint density at radius 1 is 1.25 bits per heavy atom. The van der Waals surface area contributed by atoms with Gasteiger partial charge in [0.15, 0.2) is 0 Å². The van der Waals surface area contributed by atoms with Crippen LogP contribution in [-0.2, 0) is 6.42 Å². The number of hydrogen-bond acceptors (Lipinski definition) is 1. The number of rotatable bonds is 2. The van der Waals surface area contributed by atoms with Crippen LogP contribution in [0, 0.1) is 11.2 Å². The highest BCUT2D eigenvalue weighted by molar-refractivity contribution is 5.40. The Labute approximate surface area is 121 Å². The molecule has 1 nitrogen and oxygen atoms in total. The Bertz CT molecular complexity index is 537. The topological polar surface area (TPSA) is 3.24 Å². The molecule has 2 fully saturated rings. The normalized spacial score (nSPS) is 27.5. The number of nitrogens with zero attached hydrogens (tertiary/aromatic N) is 1. The molecule has 1 aromatic rings. The zero-order valence-corrected chi connectivity index (χ0v) is 12.6. The Morgan fingerprint density at radius 3 is 2.60 bits per heavy atom. The van der Waals surface area contributed by atoms with E-state index in [0.717, 1.165) is 12.0 Å². The SMILES string of the molecule is CC(C)c1cc2c(cc1F)CCC2N1CC2(CCC2)C1. The van der Waals surface area contributed by atoms with Crippen LogP contribution in [0.15, 0.2) is 12.1 Å². The van der Waals surface area contributed by atoms with E-state index < -0.39 is 0 Å². The fourth-order valence-electron chi connectivity index (χ4n) is 4.47. The highest BCUT2D eigenvalue weighted by Gasteiger charge is 2.50. The van der Waals surface area contributed by atoms with E-state index in [4.69, 9.17) is 0 Å². The lowest BCUT2D eigenvalue weighted by atomic mass is 9.63. The summed E-state index contributed by atoms with van der Waals surface area (Å²) in [5.41, 5.74) is 4.26. The third kappa shape index (κ3) is 1.77. The van der Waals surface area contributed by atoms with Gasteiger partial charge in [0.25, 0.3) is 0 Å². The van der Waals surface area contributed by atoms with Crippen LogP contribution in [0.25, 0.3) is 0 Å². The van der Waals surface area contributed by atoms with Crippen LogP contribution in [0.5, 0.6) is 0 Å². The van der Waals surface area contributed by atoms with Gasteiger partial charge in [0.05, 0.1) is 0 Å². The molecule has 1 heterocycles. The monoisotopic (exact) mass is 273 g/mol. The summed E-state index contributed by atoms with van der Waals surface area (Å²) >= 11 is 0. The third-order valence-corrected chi connectivity index (χ3v) is 5.86. The molecular weight excluding hydrogens is 249 g/mol. The van der Waals surface area contributed by atoms with Crippen molar-refractivity contribution in [3.8, 4) is 0 Å². The van der Waals surface area contributed by atoms with Crippen LogP contribution >= 0.6 is 0 Å². The maximum atomic E-state index is 14.1. The number of aryl methyl sites for hydroxylation is 1. The predicted molar refractivity (Wildman–Crippen MR) is 79.4 cm³/mol. The van der Waals surface area contributed by atoms with Crippen molar-refractivity contribution >= 4 is 0 Å². The number of halogens is 1. The molecular formula is C18H24FN. The summed E-state index contributed by atoms with van der Waals surface area (Å²) in [7, 11) is 0. The number of likely N-dealkylation sites (tertiary alicyclic amines) is 1. The van der Waals surface area contributed by atoms with Gasteiger partial charge in [-0.05, 0) is 59.8 Å². The Kier molecular flexibility index (Phi) is 2.76. The summed E-state index contributed by atoms with van der Waals surface area (Å²) in [4.78, 5) is 2.65. The molecule has 1 aliphatic heterocycles. The molecule has 0 aromatic heterocycles. The molecule has 0 N–H and O–H groups in total. The molecule has 4 rings (SSSR count). The molecule has 2 heteroatoms. The summed E-state index contributed by atoms with van der Waals surface area (Å²) in [6.45, 7) is 6.74. The Balaban J connectivity index is 1.59. The van der Waals surface area contributed by atoms with Crippen molar-refractivity contribution in [1.82, 2.24) is 4.90 Å². The molecule has 3 aliphatic rings. The van der Waals surface area contributed by atoms with Crippen molar-refractivity contribution in [3.63, 3.8) is 0 Å². The lowest BCUT2D eigenvalue weighted by Crippen LogP contribution is -2.60. The first-order valence-electron chi connectivity index (χ1n) is 8.14. The fraction of sp³-hybridized carbons (Fsp3) is 0.667. The predicted octanol–water partition coefficient (Wildman–Crippen LogP) is 4.42. The highest BCUT2D eigenvalue weighted by atomic mass is 19.1. The fourth-order valence-corrected chi connectivity index (χ4v) is 4.47. The highest BCUT2D eigenvalue weighted by Crippen LogP contribution is 2.52. The minimum Gasteiger partial charge on any atom is -0.295 e. The standard InChI is InChI=1S/C18H24FN/c1-12(2)14-9-15-13(8-16(14)19)4-5-17(15)20-10-18(11-20)6-3-7-18/h8-9,12,17H,3-7,10-11H2,1-2H3. The van der Waals surface area contributed by atoms with Crippen LogP contribution in [0.3, 0.4) is 0 Å². The van der Waals surface area contributed by atoms with Crippen LogP contribution in [0.1, 0.15) is 68.2 Å². The zero-order chi connectivity index (χ0) is 13.9. The quantitative estimate of drug-likeness (QED) is 0.771. The molecule has 1 unspecified atom stereocenters. The van der Waals surface area contributed by atoms with E-state index in [1.165, 1.54) is 49.9 Å². The van der Waals surface area contributed by atoms with E-state index in [1.807, 2.05) is 6.07 Å². The summed E-state index contributed by atoms with van der Waals surface area (Å²) in [5.74, 6) is 0.273. The van der Waals surface area contributed by atoms with Gasteiger partial charge in [0.1, 0.15) is 5.82 Å². The van der Waals surface area contributed by atoms with E-state index in [1.54, 1.807) is 0 Å². The summed E-state index contributed by atoms with van der Waals surface area (Å²) in [6.07, 6.45) is 6.54. The number of benzene rings is 1. The Morgan fingerprint density at radius 2 is 2.00 bits per heavy atom. The molecule has 20 heavy (non-hydrogen) atoms. The molecule has 1 aromatic carbocycles. The van der Waals surface area contributed by atoms with Gasteiger partial charge in [-0.1, -0.05) is 26.3 Å². The molecule has 1 saturated heterocycles. The van der Waals surface area contributed by atoms with Crippen LogP contribution in [0.4, 0.5) is 4.39 Å². The van der Waals surface area contributed by atoms with E-state index in [2.05, 4.69) is 24.8 Å². The van der Waals surface area contributed by atoms with E-state index in [0.29, 0.717) is 11.5 Å². The number of fused-ring (bicyclic) bond motifs is 1. The molecule has 0 amide bonds. The van der Waals surface area contributed by atoms with E-state index >= 15 is 0 Å².